The molecule has 0 spiro atoms. The molecule has 144 valence electrons. The summed E-state index contributed by atoms with van der Waals surface area (Å²) in [4.78, 5) is 29.8. The van der Waals surface area contributed by atoms with Gasteiger partial charge in [0.1, 0.15) is 12.4 Å². The zero-order chi connectivity index (χ0) is 19.6. The maximum Gasteiger partial charge on any atom is 0.416 e. The summed E-state index contributed by atoms with van der Waals surface area (Å²) in [5.74, 6) is -0.186. The molecule has 1 aliphatic heterocycles. The minimum Gasteiger partial charge on any atom is -0.368 e. The fourth-order valence-electron chi connectivity index (χ4n) is 3.34. The molecule has 9 heteroatoms. The lowest BCUT2D eigenvalue weighted by atomic mass is 9.96. The SMILES string of the molecule is NC(=O)Cn1ccnc1[C@@H]1CCCN(C(=O)c2ccc(C(F)(F)F)cc2)C1. The molecular weight excluding hydrogens is 361 g/mol. The van der Waals surface area contributed by atoms with E-state index in [2.05, 4.69) is 4.98 Å². The lowest BCUT2D eigenvalue weighted by Crippen LogP contribution is -2.40. The molecule has 2 heterocycles. The monoisotopic (exact) mass is 380 g/mol. The highest BCUT2D eigenvalue weighted by Crippen LogP contribution is 2.30. The van der Waals surface area contributed by atoms with Crippen LogP contribution in [0.15, 0.2) is 36.7 Å². The quantitative estimate of drug-likeness (QED) is 0.884. The molecule has 2 aromatic rings. The number of imidazole rings is 1. The van der Waals surface area contributed by atoms with Gasteiger partial charge in [0, 0.05) is 37.0 Å². The summed E-state index contributed by atoms with van der Waals surface area (Å²) in [5, 5.41) is 0. The number of likely N-dealkylation sites (tertiary alicyclic amines) is 1. The summed E-state index contributed by atoms with van der Waals surface area (Å²) in [7, 11) is 0. The van der Waals surface area contributed by atoms with E-state index in [0.717, 1.165) is 25.0 Å². The average molecular weight is 380 g/mol. The minimum absolute atomic E-state index is 0.0126. The lowest BCUT2D eigenvalue weighted by Gasteiger charge is -2.32. The number of hydrogen-bond acceptors (Lipinski definition) is 3. The Bertz CT molecular complexity index is 830. The van der Waals surface area contributed by atoms with Gasteiger partial charge in [-0.1, -0.05) is 0 Å². The van der Waals surface area contributed by atoms with Crippen molar-refractivity contribution >= 4 is 11.8 Å². The molecule has 3 rings (SSSR count). The van der Waals surface area contributed by atoms with Crippen molar-refractivity contribution in [2.24, 2.45) is 5.73 Å². The molecule has 1 aromatic heterocycles. The summed E-state index contributed by atoms with van der Waals surface area (Å²) >= 11 is 0. The molecule has 1 aliphatic rings. The van der Waals surface area contributed by atoms with Crippen LogP contribution in [-0.4, -0.2) is 39.4 Å². The van der Waals surface area contributed by atoms with Gasteiger partial charge in [0.05, 0.1) is 5.56 Å². The molecule has 27 heavy (non-hydrogen) atoms. The van der Waals surface area contributed by atoms with Crippen molar-refractivity contribution in [3.8, 4) is 0 Å². The van der Waals surface area contributed by atoms with Crippen LogP contribution in [0, 0.1) is 0 Å². The molecule has 1 fully saturated rings. The molecule has 2 N–H and O–H groups in total. The Balaban J connectivity index is 1.73. The van der Waals surface area contributed by atoms with Gasteiger partial charge in [-0.3, -0.25) is 9.59 Å². The number of aromatic nitrogens is 2. The Labute approximate surface area is 153 Å². The standard InChI is InChI=1S/C18H19F3N4O2/c19-18(20,21)14-5-3-12(4-6-14)17(27)25-8-1-2-13(10-25)16-23-7-9-24(16)11-15(22)26/h3-7,9,13H,1-2,8,10-11H2,(H2,22,26)/t13-/m1/s1. The van der Waals surface area contributed by atoms with E-state index in [9.17, 15) is 22.8 Å². The number of alkyl halides is 3. The van der Waals surface area contributed by atoms with Crippen molar-refractivity contribution in [1.82, 2.24) is 14.5 Å². The maximum absolute atomic E-state index is 12.7. The summed E-state index contributed by atoms with van der Waals surface area (Å²) in [5.41, 5.74) is 4.67. The highest BCUT2D eigenvalue weighted by Gasteiger charge is 2.31. The van der Waals surface area contributed by atoms with Gasteiger partial charge in [-0.2, -0.15) is 13.2 Å². The maximum atomic E-state index is 12.7. The van der Waals surface area contributed by atoms with Gasteiger partial charge in [0.25, 0.3) is 5.91 Å². The molecule has 1 saturated heterocycles. The van der Waals surface area contributed by atoms with Gasteiger partial charge < -0.3 is 15.2 Å². The number of primary amides is 1. The Hall–Kier alpha value is -2.84. The van der Waals surface area contributed by atoms with E-state index in [4.69, 9.17) is 5.73 Å². The average Bonchev–Trinajstić information content (AvgIpc) is 3.08. The largest absolute Gasteiger partial charge is 0.416 e. The summed E-state index contributed by atoms with van der Waals surface area (Å²) in [6, 6.07) is 4.22. The Morgan fingerprint density at radius 1 is 1.22 bits per heavy atom. The Morgan fingerprint density at radius 3 is 2.56 bits per heavy atom. The molecule has 6 nitrogen and oxygen atoms in total. The van der Waals surface area contributed by atoms with E-state index >= 15 is 0 Å². The number of halogens is 3. The molecule has 2 amide bonds. The van der Waals surface area contributed by atoms with Crippen LogP contribution in [0.5, 0.6) is 0 Å². The topological polar surface area (TPSA) is 81.2 Å². The number of nitrogens with zero attached hydrogens (tertiary/aromatic N) is 3. The van der Waals surface area contributed by atoms with E-state index in [1.807, 2.05) is 0 Å². The van der Waals surface area contributed by atoms with E-state index in [1.54, 1.807) is 21.9 Å². The van der Waals surface area contributed by atoms with E-state index in [0.29, 0.717) is 18.9 Å². The third-order valence-electron chi connectivity index (χ3n) is 4.61. The molecule has 0 bridgehead atoms. The van der Waals surface area contributed by atoms with Crippen molar-refractivity contribution < 1.29 is 22.8 Å². The third-order valence-corrected chi connectivity index (χ3v) is 4.61. The van der Waals surface area contributed by atoms with Crippen molar-refractivity contribution in [2.45, 2.75) is 31.5 Å². The molecule has 0 saturated carbocycles. The Morgan fingerprint density at radius 2 is 1.93 bits per heavy atom. The van der Waals surface area contributed by atoms with Crippen LogP contribution < -0.4 is 5.73 Å². The number of benzene rings is 1. The van der Waals surface area contributed by atoms with Gasteiger partial charge in [-0.15, -0.1) is 0 Å². The van der Waals surface area contributed by atoms with Gasteiger partial charge in [-0.05, 0) is 37.1 Å². The first-order valence-corrected chi connectivity index (χ1v) is 8.51. The fraction of sp³-hybridized carbons (Fsp3) is 0.389. The van der Waals surface area contributed by atoms with Crippen molar-refractivity contribution in [1.29, 1.82) is 0 Å². The number of piperidine rings is 1. The predicted octanol–water partition coefficient (Wildman–Crippen LogP) is 2.41. The molecule has 0 unspecified atom stereocenters. The second-order valence-electron chi connectivity index (χ2n) is 6.55. The predicted molar refractivity (Wildman–Crippen MR) is 90.7 cm³/mol. The smallest absolute Gasteiger partial charge is 0.368 e. The molecule has 0 aliphatic carbocycles. The molecule has 1 aromatic carbocycles. The third kappa shape index (κ3) is 4.29. The van der Waals surface area contributed by atoms with Gasteiger partial charge in [-0.25, -0.2) is 4.98 Å². The molecule has 0 radical (unpaired) electrons. The minimum atomic E-state index is -4.44. The first-order valence-electron chi connectivity index (χ1n) is 8.51. The Kier molecular flexibility index (Phi) is 5.20. The first-order chi connectivity index (χ1) is 12.8. The summed E-state index contributed by atoms with van der Waals surface area (Å²) < 4.78 is 39.7. The van der Waals surface area contributed by atoms with Gasteiger partial charge in [0.15, 0.2) is 0 Å². The van der Waals surface area contributed by atoms with Crippen LogP contribution in [0.4, 0.5) is 13.2 Å². The number of hydrogen-bond donors (Lipinski definition) is 1. The number of carbonyl (C=O) groups excluding carboxylic acids is 2. The number of rotatable bonds is 4. The van der Waals surface area contributed by atoms with E-state index < -0.39 is 17.6 Å². The number of carbonyl (C=O) groups is 2. The first kappa shape index (κ1) is 18.9. The van der Waals surface area contributed by atoms with Crippen LogP contribution in [-0.2, 0) is 17.5 Å². The second-order valence-corrected chi connectivity index (χ2v) is 6.55. The normalized spacial score (nSPS) is 17.7. The van der Waals surface area contributed by atoms with Crippen LogP contribution in [0.25, 0.3) is 0 Å². The van der Waals surface area contributed by atoms with Crippen LogP contribution in [0.2, 0.25) is 0 Å². The summed E-state index contributed by atoms with van der Waals surface area (Å²) in [6.45, 7) is 0.918. The fourth-order valence-corrected chi connectivity index (χ4v) is 3.34. The highest BCUT2D eigenvalue weighted by molar-refractivity contribution is 5.94. The molecule has 1 atom stereocenters. The molecular formula is C18H19F3N4O2. The second kappa shape index (κ2) is 7.42. The van der Waals surface area contributed by atoms with Crippen molar-refractivity contribution in [3.05, 3.63) is 53.6 Å². The van der Waals surface area contributed by atoms with Gasteiger partial charge in [0.2, 0.25) is 5.91 Å². The van der Waals surface area contributed by atoms with Crippen LogP contribution in [0.3, 0.4) is 0 Å². The number of nitrogens with two attached hydrogens (primary N) is 1. The van der Waals surface area contributed by atoms with Crippen LogP contribution >= 0.6 is 0 Å². The van der Waals surface area contributed by atoms with E-state index in [1.165, 1.54) is 12.1 Å². The van der Waals surface area contributed by atoms with Gasteiger partial charge >= 0.3 is 6.18 Å². The van der Waals surface area contributed by atoms with Crippen molar-refractivity contribution in [2.75, 3.05) is 13.1 Å². The van der Waals surface area contributed by atoms with Crippen LogP contribution in [0.1, 0.15) is 40.5 Å². The number of amides is 2. The summed E-state index contributed by atoms with van der Waals surface area (Å²) in [6.07, 6.45) is 0.341. The zero-order valence-electron chi connectivity index (χ0n) is 14.4. The highest BCUT2D eigenvalue weighted by atomic mass is 19.4. The lowest BCUT2D eigenvalue weighted by molar-refractivity contribution is -0.137. The van der Waals surface area contributed by atoms with E-state index in [-0.39, 0.29) is 23.9 Å². The zero-order valence-corrected chi connectivity index (χ0v) is 14.4. The van der Waals surface area contributed by atoms with Crippen molar-refractivity contribution in [3.63, 3.8) is 0 Å².